The second kappa shape index (κ2) is 7.48. The zero-order valence-corrected chi connectivity index (χ0v) is 12.2. The number of amides is 1. The molecule has 4 nitrogen and oxygen atoms in total. The minimum absolute atomic E-state index is 0.168. The number of carbonyl (C=O) groups excluding carboxylic acids is 2. The maximum atomic E-state index is 11.8. The van der Waals surface area contributed by atoms with Crippen molar-refractivity contribution in [3.05, 3.63) is 33.8 Å². The third kappa shape index (κ3) is 4.49. The second-order valence-electron chi connectivity index (χ2n) is 4.05. The number of halogens is 2. The zero-order valence-electron chi connectivity index (χ0n) is 10.7. The predicted octanol–water partition coefficient (Wildman–Crippen LogP) is 3.08. The van der Waals surface area contributed by atoms with Crippen molar-refractivity contribution in [1.29, 1.82) is 0 Å². The molecule has 0 bridgehead atoms. The van der Waals surface area contributed by atoms with Gasteiger partial charge >= 0.3 is 0 Å². The van der Waals surface area contributed by atoms with Crippen LogP contribution in [0.15, 0.2) is 18.2 Å². The number of hydrogen-bond acceptors (Lipinski definition) is 3. The van der Waals surface area contributed by atoms with Crippen LogP contribution in [0.25, 0.3) is 0 Å². The van der Waals surface area contributed by atoms with E-state index in [1.165, 1.54) is 14.2 Å². The molecule has 1 aromatic rings. The van der Waals surface area contributed by atoms with Gasteiger partial charge in [-0.25, -0.2) is 5.06 Å². The summed E-state index contributed by atoms with van der Waals surface area (Å²) >= 11 is 11.8. The van der Waals surface area contributed by atoms with E-state index in [1.54, 1.807) is 18.2 Å². The SMILES string of the molecule is CON(C)C(=O)C[C@@H](CC=O)c1ccc(Cl)c(Cl)c1. The van der Waals surface area contributed by atoms with Crippen LogP contribution >= 0.6 is 23.2 Å². The topological polar surface area (TPSA) is 46.6 Å². The summed E-state index contributed by atoms with van der Waals surface area (Å²) in [6.07, 6.45) is 1.19. The standard InChI is InChI=1S/C13H15Cl2NO3/c1-16(19-2)13(18)8-10(5-6-17)9-3-4-11(14)12(15)7-9/h3-4,6-7,10H,5,8H2,1-2H3/t10-/m1/s1. The molecule has 1 atom stereocenters. The summed E-state index contributed by atoms with van der Waals surface area (Å²) < 4.78 is 0. The number of hydrogen-bond donors (Lipinski definition) is 0. The first-order chi connectivity index (χ1) is 8.99. The molecule has 0 aliphatic carbocycles. The molecule has 0 spiro atoms. The molecule has 0 N–H and O–H groups in total. The Bertz CT molecular complexity index is 465. The van der Waals surface area contributed by atoms with Crippen LogP contribution in [0.5, 0.6) is 0 Å². The van der Waals surface area contributed by atoms with Gasteiger partial charge in [0.1, 0.15) is 6.29 Å². The molecular weight excluding hydrogens is 289 g/mol. The Morgan fingerprint density at radius 3 is 2.63 bits per heavy atom. The van der Waals surface area contributed by atoms with Gasteiger partial charge in [0, 0.05) is 19.9 Å². The Balaban J connectivity index is 2.90. The summed E-state index contributed by atoms with van der Waals surface area (Å²) in [7, 11) is 2.93. The van der Waals surface area contributed by atoms with Gasteiger partial charge in [0.25, 0.3) is 0 Å². The molecule has 0 aromatic heterocycles. The van der Waals surface area contributed by atoms with E-state index in [4.69, 9.17) is 28.0 Å². The third-order valence-corrected chi connectivity index (χ3v) is 3.58. The smallest absolute Gasteiger partial charge is 0.246 e. The molecule has 6 heteroatoms. The lowest BCUT2D eigenvalue weighted by Gasteiger charge is -2.19. The van der Waals surface area contributed by atoms with Gasteiger partial charge in [0.05, 0.1) is 17.2 Å². The summed E-state index contributed by atoms with van der Waals surface area (Å²) in [5.41, 5.74) is 0.805. The predicted molar refractivity (Wildman–Crippen MR) is 74.3 cm³/mol. The first kappa shape index (κ1) is 16.0. The molecule has 1 aromatic carbocycles. The first-order valence-corrected chi connectivity index (χ1v) is 6.44. The summed E-state index contributed by atoms with van der Waals surface area (Å²) in [6.45, 7) is 0. The van der Waals surface area contributed by atoms with Crippen LogP contribution in [-0.2, 0) is 14.4 Å². The highest BCUT2D eigenvalue weighted by Crippen LogP contribution is 2.29. The van der Waals surface area contributed by atoms with Crippen LogP contribution in [0.3, 0.4) is 0 Å². The minimum Gasteiger partial charge on any atom is -0.303 e. The molecule has 0 radical (unpaired) electrons. The van der Waals surface area contributed by atoms with Gasteiger partial charge < -0.3 is 4.79 Å². The summed E-state index contributed by atoms with van der Waals surface area (Å²) in [5, 5.41) is 1.98. The monoisotopic (exact) mass is 303 g/mol. The fourth-order valence-corrected chi connectivity index (χ4v) is 1.97. The lowest BCUT2D eigenvalue weighted by Crippen LogP contribution is -2.27. The van der Waals surface area contributed by atoms with Crippen molar-refractivity contribution < 1.29 is 14.4 Å². The van der Waals surface area contributed by atoms with Gasteiger partial charge in [-0.15, -0.1) is 0 Å². The second-order valence-corrected chi connectivity index (χ2v) is 4.87. The molecule has 0 aliphatic rings. The number of rotatable bonds is 6. The van der Waals surface area contributed by atoms with Crippen molar-refractivity contribution in [3.8, 4) is 0 Å². The number of aldehydes is 1. The number of nitrogens with zero attached hydrogens (tertiary/aromatic N) is 1. The average molecular weight is 304 g/mol. The summed E-state index contributed by atoms with van der Waals surface area (Å²) in [5.74, 6) is -0.446. The Hall–Kier alpha value is -1.10. The summed E-state index contributed by atoms with van der Waals surface area (Å²) in [6, 6.07) is 5.10. The van der Waals surface area contributed by atoms with Gasteiger partial charge in [-0.3, -0.25) is 9.63 Å². The quantitative estimate of drug-likeness (QED) is 0.599. The van der Waals surface area contributed by atoms with E-state index in [0.29, 0.717) is 10.0 Å². The van der Waals surface area contributed by atoms with Crippen molar-refractivity contribution in [2.75, 3.05) is 14.2 Å². The Labute approximate surface area is 122 Å². The highest BCUT2D eigenvalue weighted by atomic mass is 35.5. The number of hydroxylamine groups is 2. The maximum Gasteiger partial charge on any atom is 0.246 e. The average Bonchev–Trinajstić information content (AvgIpc) is 2.40. The largest absolute Gasteiger partial charge is 0.303 e. The van der Waals surface area contributed by atoms with Crippen LogP contribution in [-0.4, -0.2) is 31.4 Å². The zero-order chi connectivity index (χ0) is 14.4. The van der Waals surface area contributed by atoms with Crippen LogP contribution in [0, 0.1) is 0 Å². The molecule has 1 rings (SSSR count). The Morgan fingerprint density at radius 2 is 2.11 bits per heavy atom. The molecule has 0 saturated carbocycles. The molecular formula is C13H15Cl2NO3. The first-order valence-electron chi connectivity index (χ1n) is 5.68. The molecule has 0 unspecified atom stereocenters. The van der Waals surface area contributed by atoms with Crippen molar-refractivity contribution >= 4 is 35.4 Å². The Morgan fingerprint density at radius 1 is 1.42 bits per heavy atom. The van der Waals surface area contributed by atoms with Crippen LogP contribution < -0.4 is 0 Å². The molecule has 0 saturated heterocycles. The van der Waals surface area contributed by atoms with E-state index in [-0.39, 0.29) is 24.7 Å². The van der Waals surface area contributed by atoms with Gasteiger partial charge in [0.15, 0.2) is 0 Å². The molecule has 0 fully saturated rings. The highest BCUT2D eigenvalue weighted by Gasteiger charge is 2.19. The maximum absolute atomic E-state index is 11.8. The van der Waals surface area contributed by atoms with Gasteiger partial charge in [-0.2, -0.15) is 0 Å². The lowest BCUT2D eigenvalue weighted by molar-refractivity contribution is -0.169. The van der Waals surface area contributed by atoms with Crippen molar-refractivity contribution in [2.45, 2.75) is 18.8 Å². The van der Waals surface area contributed by atoms with Crippen molar-refractivity contribution in [3.63, 3.8) is 0 Å². The number of carbonyl (C=O) groups is 2. The third-order valence-electron chi connectivity index (χ3n) is 2.84. The highest BCUT2D eigenvalue weighted by molar-refractivity contribution is 6.42. The van der Waals surface area contributed by atoms with E-state index in [2.05, 4.69) is 0 Å². The Kier molecular flexibility index (Phi) is 6.28. The molecule has 19 heavy (non-hydrogen) atoms. The van der Waals surface area contributed by atoms with Crippen LogP contribution in [0.4, 0.5) is 0 Å². The van der Waals surface area contributed by atoms with Crippen LogP contribution in [0.2, 0.25) is 10.0 Å². The van der Waals surface area contributed by atoms with E-state index < -0.39 is 0 Å². The van der Waals surface area contributed by atoms with Gasteiger partial charge in [0.2, 0.25) is 5.91 Å². The van der Waals surface area contributed by atoms with Crippen molar-refractivity contribution in [2.24, 2.45) is 0 Å². The molecule has 1 amide bonds. The minimum atomic E-state index is -0.239. The molecule has 0 aliphatic heterocycles. The van der Waals surface area contributed by atoms with Gasteiger partial charge in [-0.1, -0.05) is 29.3 Å². The van der Waals surface area contributed by atoms with E-state index in [0.717, 1.165) is 16.9 Å². The van der Waals surface area contributed by atoms with E-state index in [1.807, 2.05) is 0 Å². The van der Waals surface area contributed by atoms with E-state index >= 15 is 0 Å². The lowest BCUT2D eigenvalue weighted by atomic mass is 9.93. The summed E-state index contributed by atoms with van der Waals surface area (Å²) in [4.78, 5) is 27.4. The molecule has 104 valence electrons. The number of benzene rings is 1. The normalized spacial score (nSPS) is 12.0. The fraction of sp³-hybridized carbons (Fsp3) is 0.385. The van der Waals surface area contributed by atoms with Crippen LogP contribution in [0.1, 0.15) is 24.3 Å². The van der Waals surface area contributed by atoms with Crippen molar-refractivity contribution in [1.82, 2.24) is 5.06 Å². The fourth-order valence-electron chi connectivity index (χ4n) is 1.66. The molecule has 0 heterocycles. The van der Waals surface area contributed by atoms with E-state index in [9.17, 15) is 9.59 Å². The van der Waals surface area contributed by atoms with Gasteiger partial charge in [-0.05, 0) is 23.6 Å².